The third-order valence-corrected chi connectivity index (χ3v) is 4.79. The van der Waals surface area contributed by atoms with Crippen LogP contribution in [0.3, 0.4) is 0 Å². The van der Waals surface area contributed by atoms with Gasteiger partial charge in [0.25, 0.3) is 11.8 Å². The van der Waals surface area contributed by atoms with Crippen LogP contribution in [0, 0.1) is 6.92 Å². The molecule has 2 aromatic carbocycles. The van der Waals surface area contributed by atoms with Crippen molar-refractivity contribution < 1.29 is 19.4 Å². The average molecular weight is 447 g/mol. The van der Waals surface area contributed by atoms with E-state index in [2.05, 4.69) is 21.2 Å². The summed E-state index contributed by atoms with van der Waals surface area (Å²) < 4.78 is 5.93. The molecule has 0 aliphatic carbocycles. The van der Waals surface area contributed by atoms with Crippen LogP contribution in [0.15, 0.2) is 46.4 Å². The number of nitrogens with one attached hydrogen (secondary N) is 1. The van der Waals surface area contributed by atoms with Crippen LogP contribution in [0.25, 0.3) is 6.08 Å². The lowest BCUT2D eigenvalue weighted by Gasteiger charge is -2.30. The Morgan fingerprint density at radius 3 is 2.63 bits per heavy atom. The van der Waals surface area contributed by atoms with E-state index in [4.69, 9.17) is 17.0 Å². The quantitative estimate of drug-likeness (QED) is 0.429. The number of aryl methyl sites for hydroxylation is 1. The van der Waals surface area contributed by atoms with Crippen molar-refractivity contribution >= 4 is 56.8 Å². The summed E-state index contributed by atoms with van der Waals surface area (Å²) >= 11 is 8.60. The molecule has 1 heterocycles. The SMILES string of the molecule is COc1cc(C=C2C(=O)NC(=S)N(c3ccc(Br)cc3C)C2=O)ccc1O. The molecular weight excluding hydrogens is 432 g/mol. The summed E-state index contributed by atoms with van der Waals surface area (Å²) in [5, 5.41) is 12.3. The fourth-order valence-corrected chi connectivity index (χ4v) is 3.45. The molecule has 2 amide bonds. The van der Waals surface area contributed by atoms with Crippen molar-refractivity contribution in [3.63, 3.8) is 0 Å². The second-order valence-electron chi connectivity index (χ2n) is 5.82. The van der Waals surface area contributed by atoms with Crippen molar-refractivity contribution in [3.05, 3.63) is 57.6 Å². The number of ether oxygens (including phenoxy) is 1. The highest BCUT2D eigenvalue weighted by Gasteiger charge is 2.35. The number of carbonyl (C=O) groups is 2. The Kier molecular flexibility index (Phi) is 5.29. The smallest absolute Gasteiger partial charge is 0.270 e. The molecule has 0 atom stereocenters. The molecule has 0 unspecified atom stereocenters. The number of aromatic hydroxyl groups is 1. The third kappa shape index (κ3) is 3.72. The van der Waals surface area contributed by atoms with E-state index in [1.54, 1.807) is 18.2 Å². The lowest BCUT2D eigenvalue weighted by atomic mass is 10.1. The second-order valence-corrected chi connectivity index (χ2v) is 7.12. The Morgan fingerprint density at radius 1 is 1.22 bits per heavy atom. The van der Waals surface area contributed by atoms with Crippen molar-refractivity contribution in [2.24, 2.45) is 0 Å². The number of amides is 2. The number of hydrogen-bond acceptors (Lipinski definition) is 5. The summed E-state index contributed by atoms with van der Waals surface area (Å²) in [7, 11) is 1.42. The van der Waals surface area contributed by atoms with Gasteiger partial charge in [-0.15, -0.1) is 0 Å². The van der Waals surface area contributed by atoms with Crippen molar-refractivity contribution in [1.82, 2.24) is 5.32 Å². The van der Waals surface area contributed by atoms with Crippen LogP contribution in [0.5, 0.6) is 11.5 Å². The van der Waals surface area contributed by atoms with Gasteiger partial charge in [-0.05, 0) is 66.7 Å². The van der Waals surface area contributed by atoms with Crippen LogP contribution < -0.4 is 15.0 Å². The molecule has 6 nitrogen and oxygen atoms in total. The van der Waals surface area contributed by atoms with E-state index in [0.717, 1.165) is 10.0 Å². The first-order valence-corrected chi connectivity index (χ1v) is 9.06. The molecule has 1 aliphatic heterocycles. The molecule has 0 aromatic heterocycles. The summed E-state index contributed by atoms with van der Waals surface area (Å²) in [5.41, 5.74) is 1.87. The molecule has 1 saturated heterocycles. The molecule has 8 heteroatoms. The Hall–Kier alpha value is -2.71. The Balaban J connectivity index is 2.04. The predicted octanol–water partition coefficient (Wildman–Crippen LogP) is 3.30. The fraction of sp³-hybridized carbons (Fsp3) is 0.105. The molecule has 1 aliphatic rings. The molecule has 2 aromatic rings. The predicted molar refractivity (Wildman–Crippen MR) is 110 cm³/mol. The minimum absolute atomic E-state index is 0.0239. The summed E-state index contributed by atoms with van der Waals surface area (Å²) in [4.78, 5) is 26.7. The lowest BCUT2D eigenvalue weighted by molar-refractivity contribution is -0.122. The molecule has 2 N–H and O–H groups in total. The van der Waals surface area contributed by atoms with Gasteiger partial charge in [0.15, 0.2) is 16.6 Å². The molecule has 0 saturated carbocycles. The normalized spacial score (nSPS) is 15.9. The second kappa shape index (κ2) is 7.50. The number of carbonyl (C=O) groups excluding carboxylic acids is 2. The highest BCUT2D eigenvalue weighted by molar-refractivity contribution is 9.10. The molecule has 0 radical (unpaired) electrons. The number of phenolic OH excluding ortho intramolecular Hbond substituents is 1. The molecule has 1 fully saturated rings. The van der Waals surface area contributed by atoms with Gasteiger partial charge in [0.2, 0.25) is 0 Å². The van der Waals surface area contributed by atoms with Gasteiger partial charge < -0.3 is 9.84 Å². The average Bonchev–Trinajstić information content (AvgIpc) is 2.61. The van der Waals surface area contributed by atoms with E-state index in [-0.39, 0.29) is 22.2 Å². The summed E-state index contributed by atoms with van der Waals surface area (Å²) in [5.74, 6) is -0.902. The number of phenols is 1. The number of rotatable bonds is 3. The number of methoxy groups -OCH3 is 1. The van der Waals surface area contributed by atoms with Gasteiger partial charge in [0.05, 0.1) is 12.8 Å². The van der Waals surface area contributed by atoms with Gasteiger partial charge in [-0.2, -0.15) is 0 Å². The van der Waals surface area contributed by atoms with Gasteiger partial charge >= 0.3 is 0 Å². The maximum absolute atomic E-state index is 13.0. The molecule has 0 spiro atoms. The van der Waals surface area contributed by atoms with E-state index in [1.165, 1.54) is 30.2 Å². The van der Waals surface area contributed by atoms with Crippen molar-refractivity contribution in [2.45, 2.75) is 6.92 Å². The van der Waals surface area contributed by atoms with E-state index in [0.29, 0.717) is 11.3 Å². The molecule has 138 valence electrons. The maximum Gasteiger partial charge on any atom is 0.270 e. The number of thiocarbonyl (C=S) groups is 1. The maximum atomic E-state index is 13.0. The highest BCUT2D eigenvalue weighted by atomic mass is 79.9. The van der Waals surface area contributed by atoms with Crippen molar-refractivity contribution in [2.75, 3.05) is 12.0 Å². The number of nitrogens with zero attached hydrogens (tertiary/aromatic N) is 1. The van der Waals surface area contributed by atoms with E-state index in [9.17, 15) is 14.7 Å². The van der Waals surface area contributed by atoms with Gasteiger partial charge in [-0.25, -0.2) is 0 Å². The summed E-state index contributed by atoms with van der Waals surface area (Å²) in [6.45, 7) is 1.85. The molecule has 27 heavy (non-hydrogen) atoms. The zero-order valence-corrected chi connectivity index (χ0v) is 16.8. The third-order valence-electron chi connectivity index (χ3n) is 4.02. The van der Waals surface area contributed by atoms with Gasteiger partial charge in [0.1, 0.15) is 5.57 Å². The van der Waals surface area contributed by atoms with E-state index >= 15 is 0 Å². The first kappa shape index (κ1) is 19.1. The fourth-order valence-electron chi connectivity index (χ4n) is 2.70. The molecule has 3 rings (SSSR count). The molecular formula is C19H15BrN2O4S. The summed E-state index contributed by atoms with van der Waals surface area (Å²) in [6, 6.07) is 9.94. The minimum Gasteiger partial charge on any atom is -0.504 e. The van der Waals surface area contributed by atoms with Crippen LogP contribution >= 0.6 is 28.1 Å². The topological polar surface area (TPSA) is 78.9 Å². The van der Waals surface area contributed by atoms with E-state index < -0.39 is 11.8 Å². The van der Waals surface area contributed by atoms with Crippen LogP contribution in [0.1, 0.15) is 11.1 Å². The zero-order valence-electron chi connectivity index (χ0n) is 14.4. The number of anilines is 1. The first-order chi connectivity index (χ1) is 12.8. The molecule has 0 bridgehead atoms. The standard InChI is InChI=1S/C19H15BrN2O4S/c1-10-7-12(20)4-5-14(10)22-18(25)13(17(24)21-19(22)27)8-11-3-6-15(23)16(9-11)26-2/h3-9,23H,1-2H3,(H,21,24,27). The Labute approximate surface area is 169 Å². The number of halogens is 1. The summed E-state index contributed by atoms with van der Waals surface area (Å²) in [6.07, 6.45) is 1.43. The van der Waals surface area contributed by atoms with Crippen LogP contribution in [0.4, 0.5) is 5.69 Å². The number of benzene rings is 2. The van der Waals surface area contributed by atoms with Crippen LogP contribution in [0.2, 0.25) is 0 Å². The van der Waals surface area contributed by atoms with Gasteiger partial charge in [-0.1, -0.05) is 22.0 Å². The zero-order chi connectivity index (χ0) is 19.7. The number of hydrogen-bond donors (Lipinski definition) is 2. The van der Waals surface area contributed by atoms with Crippen molar-refractivity contribution in [3.8, 4) is 11.5 Å². The lowest BCUT2D eigenvalue weighted by Crippen LogP contribution is -2.54. The Bertz CT molecular complexity index is 1000. The van der Waals surface area contributed by atoms with E-state index in [1.807, 2.05) is 13.0 Å². The minimum atomic E-state index is -0.581. The monoisotopic (exact) mass is 446 g/mol. The first-order valence-electron chi connectivity index (χ1n) is 7.86. The largest absolute Gasteiger partial charge is 0.504 e. The Morgan fingerprint density at radius 2 is 1.96 bits per heavy atom. The van der Waals surface area contributed by atoms with Gasteiger partial charge in [-0.3, -0.25) is 19.8 Å². The van der Waals surface area contributed by atoms with Crippen LogP contribution in [-0.4, -0.2) is 29.1 Å². The van der Waals surface area contributed by atoms with Crippen LogP contribution in [-0.2, 0) is 9.59 Å². The van der Waals surface area contributed by atoms with Gasteiger partial charge in [0, 0.05) is 4.47 Å². The highest BCUT2D eigenvalue weighted by Crippen LogP contribution is 2.30. The van der Waals surface area contributed by atoms with Crippen molar-refractivity contribution in [1.29, 1.82) is 0 Å².